The Morgan fingerprint density at radius 3 is 2.21 bits per heavy atom. The smallest absolute Gasteiger partial charge is 0.141 e. The lowest BCUT2D eigenvalue weighted by molar-refractivity contribution is 0.737. The van der Waals surface area contributed by atoms with E-state index in [0.717, 1.165) is 30.0 Å². The number of nitrogens with zero attached hydrogens (tertiary/aromatic N) is 3. The second kappa shape index (κ2) is 8.38. The van der Waals surface area contributed by atoms with Crippen LogP contribution < -0.4 is 10.2 Å². The van der Waals surface area contributed by atoms with Crippen molar-refractivity contribution in [1.29, 1.82) is 0 Å². The molecule has 4 aromatic carbocycles. The molecule has 0 radical (unpaired) electrons. The highest BCUT2D eigenvalue weighted by Gasteiger charge is 2.30. The van der Waals surface area contributed by atoms with Crippen molar-refractivity contribution in [1.82, 2.24) is 9.55 Å². The fourth-order valence-corrected chi connectivity index (χ4v) is 5.30. The maximum atomic E-state index is 5.07. The number of nitrogens with one attached hydrogen (secondary N) is 1. The summed E-state index contributed by atoms with van der Waals surface area (Å²) in [5, 5.41) is 3.77. The Kier molecular flexibility index (Phi) is 5.06. The highest BCUT2D eigenvalue weighted by atomic mass is 15.3. The van der Waals surface area contributed by atoms with Crippen molar-refractivity contribution in [2.24, 2.45) is 0 Å². The van der Waals surface area contributed by atoms with Gasteiger partial charge in [0.15, 0.2) is 0 Å². The molecule has 1 aliphatic rings. The molecule has 168 valence electrons. The van der Waals surface area contributed by atoms with Crippen molar-refractivity contribution < 1.29 is 0 Å². The zero-order chi connectivity index (χ0) is 23.1. The van der Waals surface area contributed by atoms with Gasteiger partial charge in [-0.05, 0) is 49.2 Å². The second-order valence-corrected chi connectivity index (χ2v) is 8.65. The number of benzene rings is 4. The Balaban J connectivity index is 1.52. The molecule has 4 heteroatoms. The molecular formula is C30H28N4. The summed E-state index contributed by atoms with van der Waals surface area (Å²) in [4.78, 5) is 7.51. The first kappa shape index (κ1) is 20.5. The van der Waals surface area contributed by atoms with Gasteiger partial charge in [-0.1, -0.05) is 72.8 Å². The molecule has 1 unspecified atom stereocenters. The first-order valence-corrected chi connectivity index (χ1v) is 12.1. The summed E-state index contributed by atoms with van der Waals surface area (Å²) in [7, 11) is 0. The Morgan fingerprint density at radius 1 is 0.706 bits per heavy atom. The van der Waals surface area contributed by atoms with Crippen LogP contribution in [-0.2, 0) is 6.54 Å². The molecule has 2 heterocycles. The molecule has 0 saturated heterocycles. The number of anilines is 2. The van der Waals surface area contributed by atoms with E-state index in [4.69, 9.17) is 4.98 Å². The molecule has 1 aliphatic heterocycles. The van der Waals surface area contributed by atoms with Crippen molar-refractivity contribution in [3.8, 4) is 22.5 Å². The van der Waals surface area contributed by atoms with E-state index in [1.165, 1.54) is 33.6 Å². The summed E-state index contributed by atoms with van der Waals surface area (Å²) in [5.41, 5.74) is 9.52. The van der Waals surface area contributed by atoms with E-state index in [0.29, 0.717) is 0 Å². The van der Waals surface area contributed by atoms with Gasteiger partial charge in [0.1, 0.15) is 12.0 Å². The minimum absolute atomic E-state index is 0.0802. The van der Waals surface area contributed by atoms with Crippen LogP contribution in [0.5, 0.6) is 0 Å². The van der Waals surface area contributed by atoms with E-state index < -0.39 is 0 Å². The van der Waals surface area contributed by atoms with Crippen molar-refractivity contribution in [3.05, 3.63) is 103 Å². The zero-order valence-corrected chi connectivity index (χ0v) is 19.6. The van der Waals surface area contributed by atoms with Crippen LogP contribution in [-0.4, -0.2) is 16.1 Å². The van der Waals surface area contributed by atoms with E-state index in [9.17, 15) is 0 Å². The standard InChI is InChI=1S/C30H28N4/c1-3-33-27-19-11-9-17-25(27)31-29(33)23-15-7-5-13-21(23)22-14-6-8-16-24(22)30-32-26-18-10-12-20-28(26)34(30)4-2/h5-20,29,31H,3-4H2,1-2H3. The highest BCUT2D eigenvalue weighted by Crippen LogP contribution is 2.44. The van der Waals surface area contributed by atoms with Gasteiger partial charge in [0.25, 0.3) is 0 Å². The predicted octanol–water partition coefficient (Wildman–Crippen LogP) is 7.34. The van der Waals surface area contributed by atoms with Crippen LogP contribution in [0.25, 0.3) is 33.5 Å². The molecule has 0 fully saturated rings. The van der Waals surface area contributed by atoms with Crippen LogP contribution in [0.2, 0.25) is 0 Å². The first-order chi connectivity index (χ1) is 16.8. The summed E-state index contributed by atoms with van der Waals surface area (Å²) in [5.74, 6) is 1.02. The van der Waals surface area contributed by atoms with Gasteiger partial charge in [0.2, 0.25) is 0 Å². The lowest BCUT2D eigenvalue weighted by Crippen LogP contribution is -2.28. The zero-order valence-electron chi connectivity index (χ0n) is 19.6. The molecule has 0 bridgehead atoms. The van der Waals surface area contributed by atoms with Crippen molar-refractivity contribution in [2.75, 3.05) is 16.8 Å². The number of hydrogen-bond donors (Lipinski definition) is 1. The molecule has 6 rings (SSSR count). The van der Waals surface area contributed by atoms with Gasteiger partial charge in [-0.3, -0.25) is 0 Å². The van der Waals surface area contributed by atoms with Crippen molar-refractivity contribution in [2.45, 2.75) is 26.6 Å². The molecule has 5 aromatic rings. The summed E-state index contributed by atoms with van der Waals surface area (Å²) in [6.45, 7) is 6.20. The predicted molar refractivity (Wildman–Crippen MR) is 142 cm³/mol. The Labute approximate surface area is 200 Å². The minimum Gasteiger partial charge on any atom is -0.360 e. The number of rotatable bonds is 5. The van der Waals surface area contributed by atoms with Gasteiger partial charge in [-0.2, -0.15) is 0 Å². The van der Waals surface area contributed by atoms with Crippen LogP contribution >= 0.6 is 0 Å². The van der Waals surface area contributed by atoms with E-state index >= 15 is 0 Å². The first-order valence-electron chi connectivity index (χ1n) is 12.1. The molecule has 1 atom stereocenters. The fourth-order valence-electron chi connectivity index (χ4n) is 5.30. The Morgan fingerprint density at radius 2 is 1.38 bits per heavy atom. The second-order valence-electron chi connectivity index (χ2n) is 8.65. The highest BCUT2D eigenvalue weighted by molar-refractivity contribution is 5.88. The van der Waals surface area contributed by atoms with Crippen molar-refractivity contribution >= 4 is 22.4 Å². The topological polar surface area (TPSA) is 33.1 Å². The molecule has 4 nitrogen and oxygen atoms in total. The van der Waals surface area contributed by atoms with Crippen LogP contribution in [0.4, 0.5) is 11.4 Å². The number of aromatic nitrogens is 2. The quantitative estimate of drug-likeness (QED) is 0.308. The van der Waals surface area contributed by atoms with Gasteiger partial charge in [0, 0.05) is 24.2 Å². The van der Waals surface area contributed by atoms with Gasteiger partial charge < -0.3 is 14.8 Å². The summed E-state index contributed by atoms with van der Waals surface area (Å²) < 4.78 is 2.32. The third-order valence-corrected chi connectivity index (χ3v) is 6.84. The number of fused-ring (bicyclic) bond motifs is 2. The summed E-state index contributed by atoms with van der Waals surface area (Å²) in [6.07, 6.45) is 0.0802. The van der Waals surface area contributed by atoms with Gasteiger partial charge >= 0.3 is 0 Å². The maximum absolute atomic E-state index is 5.07. The average Bonchev–Trinajstić information content (AvgIpc) is 3.46. The largest absolute Gasteiger partial charge is 0.360 e. The molecule has 0 saturated carbocycles. The molecule has 1 N–H and O–H groups in total. The van der Waals surface area contributed by atoms with E-state index in [-0.39, 0.29) is 6.17 Å². The van der Waals surface area contributed by atoms with E-state index in [1.54, 1.807) is 0 Å². The summed E-state index contributed by atoms with van der Waals surface area (Å²) >= 11 is 0. The normalized spacial score (nSPS) is 14.9. The van der Waals surface area contributed by atoms with Crippen LogP contribution in [0.15, 0.2) is 97.1 Å². The molecule has 1 aromatic heterocycles. The minimum atomic E-state index is 0.0802. The lowest BCUT2D eigenvalue weighted by atomic mass is 9.93. The van der Waals surface area contributed by atoms with Gasteiger partial charge in [-0.15, -0.1) is 0 Å². The van der Waals surface area contributed by atoms with E-state index in [1.807, 2.05) is 0 Å². The Bertz CT molecular complexity index is 1480. The van der Waals surface area contributed by atoms with E-state index in [2.05, 4.69) is 126 Å². The number of para-hydroxylation sites is 4. The molecular weight excluding hydrogens is 416 g/mol. The van der Waals surface area contributed by atoms with Crippen molar-refractivity contribution in [3.63, 3.8) is 0 Å². The third kappa shape index (κ3) is 3.18. The van der Waals surface area contributed by atoms with Gasteiger partial charge in [0.05, 0.1) is 22.4 Å². The number of imidazole rings is 1. The molecule has 0 amide bonds. The molecule has 34 heavy (non-hydrogen) atoms. The SMILES string of the molecule is CCN1c2ccccc2NC1c1ccccc1-c1ccccc1-c1nc2ccccc2n1CC. The fraction of sp³-hybridized carbons (Fsp3) is 0.167. The van der Waals surface area contributed by atoms with Crippen LogP contribution in [0, 0.1) is 0 Å². The number of hydrogen-bond acceptors (Lipinski definition) is 3. The monoisotopic (exact) mass is 444 g/mol. The number of aryl methyl sites for hydroxylation is 1. The average molecular weight is 445 g/mol. The maximum Gasteiger partial charge on any atom is 0.141 e. The molecule has 0 spiro atoms. The van der Waals surface area contributed by atoms with Crippen LogP contribution in [0.1, 0.15) is 25.6 Å². The third-order valence-electron chi connectivity index (χ3n) is 6.84. The summed E-state index contributed by atoms with van der Waals surface area (Å²) in [6, 6.07) is 34.4. The molecule has 0 aliphatic carbocycles. The van der Waals surface area contributed by atoms with Gasteiger partial charge in [-0.25, -0.2) is 4.98 Å². The lowest BCUT2D eigenvalue weighted by Gasteiger charge is -2.28. The Hall–Kier alpha value is -4.05. The van der Waals surface area contributed by atoms with Crippen LogP contribution in [0.3, 0.4) is 0 Å².